The lowest BCUT2D eigenvalue weighted by Crippen LogP contribution is -2.25. The minimum absolute atomic E-state index is 0.206. The van der Waals surface area contributed by atoms with Crippen molar-refractivity contribution < 1.29 is 17.4 Å². The van der Waals surface area contributed by atoms with Crippen LogP contribution in [0.15, 0.2) is 35.5 Å². The van der Waals surface area contributed by atoms with Gasteiger partial charge in [0.15, 0.2) is 15.7 Å². The molecule has 7 nitrogen and oxygen atoms in total. The van der Waals surface area contributed by atoms with Crippen molar-refractivity contribution in [3.05, 3.63) is 46.9 Å². The molecule has 2 aromatic rings. The van der Waals surface area contributed by atoms with Crippen LogP contribution < -0.4 is 5.32 Å². The van der Waals surface area contributed by atoms with Crippen LogP contribution in [0.25, 0.3) is 0 Å². The maximum atomic E-state index is 13.3. The van der Waals surface area contributed by atoms with Crippen molar-refractivity contribution in [3.8, 4) is 0 Å². The van der Waals surface area contributed by atoms with Crippen molar-refractivity contribution in [1.29, 1.82) is 0 Å². The molecule has 2 atom stereocenters. The monoisotopic (exact) mass is 497 g/mol. The first-order valence-electron chi connectivity index (χ1n) is 10.5. The number of carbonyl (C=O) groups is 1. The highest BCUT2D eigenvalue weighted by molar-refractivity contribution is 7.89. The average molecular weight is 498 g/mol. The Bertz CT molecular complexity index is 1080. The van der Waals surface area contributed by atoms with E-state index in [2.05, 4.69) is 15.3 Å². The van der Waals surface area contributed by atoms with Crippen LogP contribution >= 0.6 is 11.6 Å². The van der Waals surface area contributed by atoms with Crippen LogP contribution in [0, 0.1) is 5.92 Å². The fourth-order valence-electron chi connectivity index (χ4n) is 4.09. The third kappa shape index (κ3) is 7.08. The average Bonchev–Trinajstić information content (AvgIpc) is 2.72. The number of rotatable bonds is 8. The van der Waals surface area contributed by atoms with Gasteiger partial charge in [-0.2, -0.15) is 0 Å². The van der Waals surface area contributed by atoms with E-state index in [0.717, 1.165) is 24.7 Å². The fourth-order valence-corrected chi connectivity index (χ4v) is 5.89. The van der Waals surface area contributed by atoms with Crippen molar-refractivity contribution in [2.45, 2.75) is 55.1 Å². The minimum Gasteiger partial charge on any atom is -0.309 e. The standard InChI is InChI=1S/C22H28ClN3O4S2/c1-31(28)20-9-8-16(11-19(20)23)18(10-15-6-4-3-5-7-15)22(27)26-21-13-24-17(12-25-21)14-32(2,29)30/h8-9,11-13,15,18H,3-7,10,14H2,1-2H3,(H,25,26,27). The predicted octanol–water partition coefficient (Wildman–Crippen LogP) is 4.10. The number of nitrogens with one attached hydrogen (secondary N) is 1. The van der Waals surface area contributed by atoms with E-state index < -0.39 is 26.6 Å². The number of anilines is 1. The van der Waals surface area contributed by atoms with E-state index in [0.29, 0.717) is 28.0 Å². The molecule has 10 heteroatoms. The molecule has 0 radical (unpaired) electrons. The Labute approximate surface area is 196 Å². The summed E-state index contributed by atoms with van der Waals surface area (Å²) in [5.41, 5.74) is 1.09. The Morgan fingerprint density at radius 2 is 1.94 bits per heavy atom. The molecule has 1 aliphatic rings. The molecule has 174 valence electrons. The Morgan fingerprint density at radius 1 is 1.22 bits per heavy atom. The maximum Gasteiger partial charge on any atom is 0.233 e. The molecule has 0 spiro atoms. The van der Waals surface area contributed by atoms with Crippen molar-refractivity contribution in [3.63, 3.8) is 0 Å². The van der Waals surface area contributed by atoms with Gasteiger partial charge in [-0.05, 0) is 30.0 Å². The Hall–Kier alpha value is -1.84. The van der Waals surface area contributed by atoms with E-state index in [1.54, 1.807) is 18.4 Å². The van der Waals surface area contributed by atoms with Crippen molar-refractivity contribution >= 4 is 44.0 Å². The normalized spacial score (nSPS) is 17.0. The molecule has 1 saturated carbocycles. The first kappa shape index (κ1) is 24.8. The summed E-state index contributed by atoms with van der Waals surface area (Å²) in [6, 6.07) is 5.26. The lowest BCUT2D eigenvalue weighted by molar-refractivity contribution is -0.118. The van der Waals surface area contributed by atoms with E-state index in [1.807, 2.05) is 6.07 Å². The minimum atomic E-state index is -3.22. The van der Waals surface area contributed by atoms with Gasteiger partial charge in [0.2, 0.25) is 5.91 Å². The van der Waals surface area contributed by atoms with Crippen molar-refractivity contribution in [2.24, 2.45) is 5.92 Å². The number of nitrogens with zero attached hydrogens (tertiary/aromatic N) is 2. The summed E-state index contributed by atoms with van der Waals surface area (Å²) in [4.78, 5) is 22.0. The summed E-state index contributed by atoms with van der Waals surface area (Å²) in [5.74, 6) is -0.156. The second-order valence-corrected chi connectivity index (χ2v) is 12.3. The van der Waals surface area contributed by atoms with Gasteiger partial charge >= 0.3 is 0 Å². The van der Waals surface area contributed by atoms with E-state index >= 15 is 0 Å². The number of carbonyl (C=O) groups excluding carboxylic acids is 1. The number of hydrogen-bond donors (Lipinski definition) is 1. The molecule has 1 amide bonds. The highest BCUT2D eigenvalue weighted by Crippen LogP contribution is 2.35. The quantitative estimate of drug-likeness (QED) is 0.588. The van der Waals surface area contributed by atoms with Crippen LogP contribution in [-0.4, -0.2) is 41.0 Å². The predicted molar refractivity (Wildman–Crippen MR) is 127 cm³/mol. The van der Waals surface area contributed by atoms with E-state index in [-0.39, 0.29) is 17.5 Å². The Morgan fingerprint density at radius 3 is 2.50 bits per heavy atom. The van der Waals surface area contributed by atoms with Crippen LogP contribution in [0.3, 0.4) is 0 Å². The van der Waals surface area contributed by atoms with Gasteiger partial charge in [-0.3, -0.25) is 14.0 Å². The van der Waals surface area contributed by atoms with Crippen LogP contribution in [0.1, 0.15) is 55.7 Å². The first-order valence-corrected chi connectivity index (χ1v) is 14.5. The van der Waals surface area contributed by atoms with Crippen molar-refractivity contribution in [2.75, 3.05) is 17.8 Å². The molecular weight excluding hydrogens is 470 g/mol. The molecule has 1 aromatic heterocycles. The molecule has 1 N–H and O–H groups in total. The second kappa shape index (κ2) is 10.9. The third-order valence-corrected chi connectivity index (χ3v) is 7.87. The molecule has 3 rings (SSSR count). The van der Waals surface area contributed by atoms with Gasteiger partial charge in [0, 0.05) is 12.5 Å². The smallest absolute Gasteiger partial charge is 0.233 e. The molecule has 1 aliphatic carbocycles. The third-order valence-electron chi connectivity index (χ3n) is 5.64. The number of aromatic nitrogens is 2. The summed E-state index contributed by atoms with van der Waals surface area (Å²) in [6.07, 6.45) is 11.9. The van der Waals surface area contributed by atoms with Gasteiger partial charge in [0.25, 0.3) is 0 Å². The number of benzene rings is 1. The van der Waals surface area contributed by atoms with Crippen LogP contribution in [0.2, 0.25) is 5.02 Å². The second-order valence-electron chi connectivity index (χ2n) is 8.39. The van der Waals surface area contributed by atoms with Gasteiger partial charge in [0.1, 0.15) is 0 Å². The summed E-state index contributed by atoms with van der Waals surface area (Å²) in [5, 5.41) is 3.20. The number of sulfone groups is 1. The molecular formula is C22H28ClN3O4S2. The summed E-state index contributed by atoms with van der Waals surface area (Å²) in [7, 11) is -4.43. The van der Waals surface area contributed by atoms with Gasteiger partial charge in [-0.1, -0.05) is 49.8 Å². The maximum absolute atomic E-state index is 13.3. The molecule has 0 saturated heterocycles. The Balaban J connectivity index is 1.81. The zero-order chi connectivity index (χ0) is 23.3. The van der Waals surface area contributed by atoms with Crippen LogP contribution in [0.4, 0.5) is 5.82 Å². The summed E-state index contributed by atoms with van der Waals surface area (Å²) >= 11 is 6.35. The highest BCUT2D eigenvalue weighted by Gasteiger charge is 2.27. The lowest BCUT2D eigenvalue weighted by Gasteiger charge is -2.26. The lowest BCUT2D eigenvalue weighted by atomic mass is 9.80. The van der Waals surface area contributed by atoms with Crippen LogP contribution in [-0.2, 0) is 31.2 Å². The Kier molecular flexibility index (Phi) is 8.41. The molecule has 0 aliphatic heterocycles. The summed E-state index contributed by atoms with van der Waals surface area (Å²) in [6.45, 7) is 0. The van der Waals surface area contributed by atoms with Gasteiger partial charge in [0.05, 0.1) is 50.5 Å². The molecule has 1 aromatic carbocycles. The summed E-state index contributed by atoms with van der Waals surface area (Å²) < 4.78 is 34.7. The largest absolute Gasteiger partial charge is 0.309 e. The van der Waals surface area contributed by atoms with E-state index in [4.69, 9.17) is 11.6 Å². The topological polar surface area (TPSA) is 106 Å². The number of amides is 1. The fraction of sp³-hybridized carbons (Fsp3) is 0.500. The van der Waals surface area contributed by atoms with E-state index in [9.17, 15) is 17.4 Å². The highest BCUT2D eigenvalue weighted by atomic mass is 35.5. The van der Waals surface area contributed by atoms with Crippen molar-refractivity contribution in [1.82, 2.24) is 9.97 Å². The van der Waals surface area contributed by atoms with Crippen LogP contribution in [0.5, 0.6) is 0 Å². The molecule has 1 heterocycles. The zero-order valence-corrected chi connectivity index (χ0v) is 20.6. The number of halogens is 1. The molecule has 32 heavy (non-hydrogen) atoms. The number of hydrogen-bond acceptors (Lipinski definition) is 6. The molecule has 1 fully saturated rings. The van der Waals surface area contributed by atoms with Gasteiger partial charge in [-0.25, -0.2) is 13.4 Å². The molecule has 0 bridgehead atoms. The first-order chi connectivity index (χ1) is 15.1. The van der Waals surface area contributed by atoms with Gasteiger partial charge < -0.3 is 5.32 Å². The SMILES string of the molecule is CS(=O)c1ccc(C(CC2CCCCC2)C(=O)Nc2cnc(CS(C)(=O)=O)cn2)cc1Cl. The van der Waals surface area contributed by atoms with Gasteiger partial charge in [-0.15, -0.1) is 0 Å². The van der Waals surface area contributed by atoms with E-state index in [1.165, 1.54) is 31.7 Å². The zero-order valence-electron chi connectivity index (χ0n) is 18.2. The molecule has 2 unspecified atom stereocenters.